The molecule has 0 fully saturated rings. The third kappa shape index (κ3) is 4.14. The smallest absolute Gasteiger partial charge is 0.251 e. The molecule has 0 aromatic heterocycles. The summed E-state index contributed by atoms with van der Waals surface area (Å²) >= 11 is 0. The summed E-state index contributed by atoms with van der Waals surface area (Å²) < 4.78 is 26.9. The Hall–Kier alpha value is -2.80. The van der Waals surface area contributed by atoms with Gasteiger partial charge >= 0.3 is 0 Å². The van der Waals surface area contributed by atoms with Crippen LogP contribution in [0.5, 0.6) is 0 Å². The summed E-state index contributed by atoms with van der Waals surface area (Å²) in [6, 6.07) is 8.40. The molecule has 3 rings (SSSR count). The van der Waals surface area contributed by atoms with Crippen molar-refractivity contribution in [1.29, 1.82) is 0 Å². The molecule has 2 aromatic carbocycles. The molecule has 142 valence electrons. The molecule has 2 aromatic rings. The SMILES string of the molecule is CNC(=O)c1ccc(NC(=O)CC(N)C2CCc3cc(F)c(F)cc32)cc1. The highest BCUT2D eigenvalue weighted by molar-refractivity contribution is 5.95. The maximum absolute atomic E-state index is 13.6. The van der Waals surface area contributed by atoms with Crippen molar-refractivity contribution in [3.8, 4) is 0 Å². The second-order valence-electron chi connectivity index (χ2n) is 6.68. The van der Waals surface area contributed by atoms with Gasteiger partial charge in [0.1, 0.15) is 0 Å². The highest BCUT2D eigenvalue weighted by Gasteiger charge is 2.30. The van der Waals surface area contributed by atoms with Crippen LogP contribution >= 0.6 is 0 Å². The zero-order chi connectivity index (χ0) is 19.6. The number of aryl methyl sites for hydroxylation is 1. The lowest BCUT2D eigenvalue weighted by molar-refractivity contribution is -0.116. The van der Waals surface area contributed by atoms with Gasteiger partial charge in [0.25, 0.3) is 5.91 Å². The Labute approximate surface area is 155 Å². The molecular formula is C20H21F2N3O2. The van der Waals surface area contributed by atoms with Crippen LogP contribution in [-0.4, -0.2) is 24.9 Å². The highest BCUT2D eigenvalue weighted by Crippen LogP contribution is 2.37. The number of anilines is 1. The molecule has 0 saturated carbocycles. The number of nitrogens with two attached hydrogens (primary N) is 1. The first-order valence-corrected chi connectivity index (χ1v) is 8.74. The Kier molecular flexibility index (Phi) is 5.51. The zero-order valence-corrected chi connectivity index (χ0v) is 14.9. The van der Waals surface area contributed by atoms with Crippen LogP contribution in [0.1, 0.15) is 40.2 Å². The lowest BCUT2D eigenvalue weighted by Crippen LogP contribution is -2.32. The first-order chi connectivity index (χ1) is 12.9. The first kappa shape index (κ1) is 19.0. The minimum atomic E-state index is -0.895. The molecule has 0 radical (unpaired) electrons. The second-order valence-corrected chi connectivity index (χ2v) is 6.68. The topological polar surface area (TPSA) is 84.2 Å². The highest BCUT2D eigenvalue weighted by atomic mass is 19.2. The third-order valence-corrected chi connectivity index (χ3v) is 4.90. The van der Waals surface area contributed by atoms with E-state index in [2.05, 4.69) is 10.6 Å². The summed E-state index contributed by atoms with van der Waals surface area (Å²) in [6.45, 7) is 0. The number of carbonyl (C=O) groups excluding carboxylic acids is 2. The van der Waals surface area contributed by atoms with E-state index in [1.54, 1.807) is 31.3 Å². The fourth-order valence-electron chi connectivity index (χ4n) is 3.49. The number of fused-ring (bicyclic) bond motifs is 1. The molecule has 4 N–H and O–H groups in total. The van der Waals surface area contributed by atoms with Crippen LogP contribution in [0.15, 0.2) is 36.4 Å². The molecule has 2 amide bonds. The van der Waals surface area contributed by atoms with Crippen molar-refractivity contribution in [3.63, 3.8) is 0 Å². The summed E-state index contributed by atoms with van der Waals surface area (Å²) in [5, 5.41) is 5.26. The minimum absolute atomic E-state index is 0.0559. The number of hydrogen-bond acceptors (Lipinski definition) is 3. The number of halogens is 2. The number of rotatable bonds is 5. The van der Waals surface area contributed by atoms with Gasteiger partial charge in [0.15, 0.2) is 11.6 Å². The van der Waals surface area contributed by atoms with Crippen LogP contribution in [0.3, 0.4) is 0 Å². The van der Waals surface area contributed by atoms with Gasteiger partial charge in [-0.3, -0.25) is 9.59 Å². The quantitative estimate of drug-likeness (QED) is 0.753. The van der Waals surface area contributed by atoms with Crippen molar-refractivity contribution in [2.24, 2.45) is 5.73 Å². The van der Waals surface area contributed by atoms with Gasteiger partial charge in [0.05, 0.1) is 0 Å². The van der Waals surface area contributed by atoms with E-state index in [4.69, 9.17) is 5.73 Å². The lowest BCUT2D eigenvalue weighted by Gasteiger charge is -2.20. The molecule has 27 heavy (non-hydrogen) atoms. The van der Waals surface area contributed by atoms with E-state index < -0.39 is 17.7 Å². The average Bonchev–Trinajstić information content (AvgIpc) is 3.04. The van der Waals surface area contributed by atoms with Gasteiger partial charge < -0.3 is 16.4 Å². The summed E-state index contributed by atoms with van der Waals surface area (Å²) in [7, 11) is 1.54. The number of benzene rings is 2. The summed E-state index contributed by atoms with van der Waals surface area (Å²) in [6.07, 6.45) is 1.33. The Balaban J connectivity index is 1.62. The van der Waals surface area contributed by atoms with Crippen molar-refractivity contribution >= 4 is 17.5 Å². The molecule has 0 aliphatic heterocycles. The molecule has 2 atom stereocenters. The standard InChI is InChI=1S/C20H21F2N3O2/c1-24-20(27)11-2-5-13(6-3-11)25-19(26)10-18(23)14-7-4-12-8-16(21)17(22)9-15(12)14/h2-3,5-6,8-9,14,18H,4,7,10,23H2,1H3,(H,24,27)(H,25,26). The minimum Gasteiger partial charge on any atom is -0.355 e. The molecule has 0 bridgehead atoms. The summed E-state index contributed by atoms with van der Waals surface area (Å²) in [5.41, 5.74) is 8.67. The van der Waals surface area contributed by atoms with E-state index in [-0.39, 0.29) is 24.2 Å². The lowest BCUT2D eigenvalue weighted by atomic mass is 9.91. The van der Waals surface area contributed by atoms with Crippen molar-refractivity contribution < 1.29 is 18.4 Å². The van der Waals surface area contributed by atoms with Gasteiger partial charge in [-0.25, -0.2) is 8.78 Å². The molecule has 2 unspecified atom stereocenters. The largest absolute Gasteiger partial charge is 0.355 e. The van der Waals surface area contributed by atoms with Gasteiger partial charge in [-0.05, 0) is 60.4 Å². The molecule has 0 spiro atoms. The number of nitrogens with one attached hydrogen (secondary N) is 2. The monoisotopic (exact) mass is 373 g/mol. The van der Waals surface area contributed by atoms with Crippen LogP contribution in [0.2, 0.25) is 0 Å². The van der Waals surface area contributed by atoms with Crippen molar-refractivity contribution in [3.05, 3.63) is 64.7 Å². The van der Waals surface area contributed by atoms with Crippen molar-refractivity contribution in [1.82, 2.24) is 5.32 Å². The van der Waals surface area contributed by atoms with Crippen LogP contribution in [0.25, 0.3) is 0 Å². The van der Waals surface area contributed by atoms with E-state index in [0.717, 1.165) is 5.56 Å². The van der Waals surface area contributed by atoms with Crippen LogP contribution in [-0.2, 0) is 11.2 Å². The second kappa shape index (κ2) is 7.84. The molecule has 0 heterocycles. The van der Waals surface area contributed by atoms with Gasteiger partial charge in [-0.2, -0.15) is 0 Å². The van der Waals surface area contributed by atoms with E-state index >= 15 is 0 Å². The number of hydrogen-bond donors (Lipinski definition) is 3. The van der Waals surface area contributed by atoms with E-state index in [9.17, 15) is 18.4 Å². The van der Waals surface area contributed by atoms with Crippen LogP contribution in [0.4, 0.5) is 14.5 Å². The van der Waals surface area contributed by atoms with Gasteiger partial charge in [-0.15, -0.1) is 0 Å². The Morgan fingerprint density at radius 2 is 1.85 bits per heavy atom. The maximum atomic E-state index is 13.6. The third-order valence-electron chi connectivity index (χ3n) is 4.90. The normalized spacial score (nSPS) is 16.5. The van der Waals surface area contributed by atoms with Crippen LogP contribution < -0.4 is 16.4 Å². The maximum Gasteiger partial charge on any atom is 0.251 e. The predicted octanol–water partition coefficient (Wildman–Crippen LogP) is 2.71. The number of amides is 2. The fraction of sp³-hybridized carbons (Fsp3) is 0.300. The molecule has 1 aliphatic carbocycles. The Bertz CT molecular complexity index is 868. The first-order valence-electron chi connectivity index (χ1n) is 8.74. The summed E-state index contributed by atoms with van der Waals surface area (Å²) in [5.74, 6) is -2.42. The Morgan fingerprint density at radius 3 is 2.52 bits per heavy atom. The molecule has 0 saturated heterocycles. The molecule has 1 aliphatic rings. The van der Waals surface area contributed by atoms with E-state index in [1.807, 2.05) is 0 Å². The Morgan fingerprint density at radius 1 is 1.19 bits per heavy atom. The average molecular weight is 373 g/mol. The molecule has 5 nitrogen and oxygen atoms in total. The van der Waals surface area contributed by atoms with Gasteiger partial charge in [-0.1, -0.05) is 0 Å². The molecular weight excluding hydrogens is 352 g/mol. The summed E-state index contributed by atoms with van der Waals surface area (Å²) in [4.78, 5) is 23.8. The molecule has 7 heteroatoms. The van der Waals surface area contributed by atoms with Crippen LogP contribution in [0, 0.1) is 11.6 Å². The zero-order valence-electron chi connectivity index (χ0n) is 14.9. The van der Waals surface area contributed by atoms with E-state index in [1.165, 1.54) is 12.1 Å². The van der Waals surface area contributed by atoms with Gasteiger partial charge in [0, 0.05) is 36.7 Å². The van der Waals surface area contributed by atoms with E-state index in [0.29, 0.717) is 29.7 Å². The van der Waals surface area contributed by atoms with Crippen molar-refractivity contribution in [2.45, 2.75) is 31.2 Å². The van der Waals surface area contributed by atoms with Crippen molar-refractivity contribution in [2.75, 3.05) is 12.4 Å². The fourth-order valence-corrected chi connectivity index (χ4v) is 3.49. The number of carbonyl (C=O) groups is 2. The van der Waals surface area contributed by atoms with Gasteiger partial charge in [0.2, 0.25) is 5.91 Å². The predicted molar refractivity (Wildman–Crippen MR) is 98.5 cm³/mol.